The molecule has 108 valence electrons. The number of hydrogen-bond acceptors (Lipinski definition) is 2. The first-order valence-electron chi connectivity index (χ1n) is 6.81. The molecule has 2 rings (SSSR count). The average Bonchev–Trinajstić information content (AvgIpc) is 2.80. The number of nitrogens with two attached hydrogens (primary N) is 1. The molecule has 0 aliphatic heterocycles. The molecule has 20 heavy (non-hydrogen) atoms. The molecule has 5 heteroatoms. The first-order valence-corrected chi connectivity index (χ1v) is 7.61. The third kappa shape index (κ3) is 3.10. The molecule has 0 saturated carbocycles. The van der Waals surface area contributed by atoms with Gasteiger partial charge in [0.1, 0.15) is 5.82 Å². The van der Waals surface area contributed by atoms with E-state index in [0.717, 1.165) is 24.4 Å². The Morgan fingerprint density at radius 3 is 2.75 bits per heavy atom. The van der Waals surface area contributed by atoms with Crippen molar-refractivity contribution in [3.8, 4) is 0 Å². The van der Waals surface area contributed by atoms with Gasteiger partial charge in [0.05, 0.1) is 5.69 Å². The second kappa shape index (κ2) is 6.50. The summed E-state index contributed by atoms with van der Waals surface area (Å²) in [7, 11) is 0. The van der Waals surface area contributed by atoms with Gasteiger partial charge in [-0.25, -0.2) is 4.39 Å². The van der Waals surface area contributed by atoms with Crippen LogP contribution in [0.1, 0.15) is 36.8 Å². The van der Waals surface area contributed by atoms with Gasteiger partial charge in [-0.1, -0.05) is 28.9 Å². The van der Waals surface area contributed by atoms with Crippen LogP contribution in [0.15, 0.2) is 28.7 Å². The molecule has 1 atom stereocenters. The van der Waals surface area contributed by atoms with Gasteiger partial charge in [-0.2, -0.15) is 5.10 Å². The van der Waals surface area contributed by atoms with E-state index in [1.54, 1.807) is 6.07 Å². The minimum Gasteiger partial charge on any atom is -0.324 e. The standard InChI is InChI=1S/C15H19BrFN3/c1-3-10-8-11(20(4-2)19-10)9-14(18)15-12(16)6-5-7-13(15)17/h5-8,14H,3-4,9,18H2,1-2H3. The van der Waals surface area contributed by atoms with Gasteiger partial charge in [-0.15, -0.1) is 0 Å². The molecule has 0 saturated heterocycles. The van der Waals surface area contributed by atoms with Crippen LogP contribution in [0.5, 0.6) is 0 Å². The van der Waals surface area contributed by atoms with Gasteiger partial charge in [0.15, 0.2) is 0 Å². The fourth-order valence-electron chi connectivity index (χ4n) is 2.32. The Labute approximate surface area is 127 Å². The van der Waals surface area contributed by atoms with Gasteiger partial charge < -0.3 is 5.73 Å². The number of rotatable bonds is 5. The molecular weight excluding hydrogens is 321 g/mol. The number of aromatic nitrogens is 2. The summed E-state index contributed by atoms with van der Waals surface area (Å²) in [4.78, 5) is 0. The van der Waals surface area contributed by atoms with Gasteiger partial charge in [0.25, 0.3) is 0 Å². The van der Waals surface area contributed by atoms with E-state index < -0.39 is 6.04 Å². The molecule has 0 aliphatic rings. The highest BCUT2D eigenvalue weighted by Gasteiger charge is 2.17. The van der Waals surface area contributed by atoms with Crippen molar-refractivity contribution in [2.24, 2.45) is 5.73 Å². The van der Waals surface area contributed by atoms with Crippen LogP contribution in [0.3, 0.4) is 0 Å². The summed E-state index contributed by atoms with van der Waals surface area (Å²) < 4.78 is 16.6. The molecular formula is C15H19BrFN3. The van der Waals surface area contributed by atoms with Crippen molar-refractivity contribution in [3.63, 3.8) is 0 Å². The Morgan fingerprint density at radius 2 is 2.15 bits per heavy atom. The number of nitrogens with zero attached hydrogens (tertiary/aromatic N) is 2. The van der Waals surface area contributed by atoms with Crippen LogP contribution in [0.4, 0.5) is 4.39 Å². The van der Waals surface area contributed by atoms with Gasteiger partial charge in [0.2, 0.25) is 0 Å². The van der Waals surface area contributed by atoms with Crippen LogP contribution in [0, 0.1) is 5.82 Å². The van der Waals surface area contributed by atoms with Gasteiger partial charge in [-0.3, -0.25) is 4.68 Å². The molecule has 0 bridgehead atoms. The lowest BCUT2D eigenvalue weighted by atomic mass is 10.0. The molecule has 0 radical (unpaired) electrons. The Balaban J connectivity index is 2.27. The molecule has 2 aromatic rings. The van der Waals surface area contributed by atoms with Crippen LogP contribution < -0.4 is 5.73 Å². The number of halogens is 2. The largest absolute Gasteiger partial charge is 0.324 e. The lowest BCUT2D eigenvalue weighted by Gasteiger charge is -2.15. The van der Waals surface area contributed by atoms with Crippen molar-refractivity contribution < 1.29 is 4.39 Å². The van der Waals surface area contributed by atoms with Crippen molar-refractivity contribution in [2.45, 2.75) is 39.3 Å². The van der Waals surface area contributed by atoms with E-state index in [1.165, 1.54) is 6.07 Å². The lowest BCUT2D eigenvalue weighted by Crippen LogP contribution is -2.18. The van der Waals surface area contributed by atoms with E-state index in [-0.39, 0.29) is 5.82 Å². The summed E-state index contributed by atoms with van der Waals surface area (Å²) in [6.45, 7) is 4.90. The second-order valence-electron chi connectivity index (χ2n) is 4.74. The van der Waals surface area contributed by atoms with Crippen LogP contribution in [-0.2, 0) is 19.4 Å². The average molecular weight is 340 g/mol. The predicted octanol–water partition coefficient (Wildman–Crippen LogP) is 3.61. The third-order valence-corrected chi connectivity index (χ3v) is 4.07. The summed E-state index contributed by atoms with van der Waals surface area (Å²) in [6.07, 6.45) is 1.46. The predicted molar refractivity (Wildman–Crippen MR) is 82.0 cm³/mol. The van der Waals surface area contributed by atoms with Crippen LogP contribution >= 0.6 is 15.9 Å². The van der Waals surface area contributed by atoms with E-state index in [9.17, 15) is 4.39 Å². The topological polar surface area (TPSA) is 43.8 Å². The minimum atomic E-state index is -0.391. The van der Waals surface area contributed by atoms with Crippen molar-refractivity contribution in [2.75, 3.05) is 0 Å². The maximum absolute atomic E-state index is 13.9. The summed E-state index contributed by atoms with van der Waals surface area (Å²) in [5, 5.41) is 4.49. The van der Waals surface area contributed by atoms with Crippen molar-refractivity contribution >= 4 is 15.9 Å². The van der Waals surface area contributed by atoms with Gasteiger partial charge >= 0.3 is 0 Å². The minimum absolute atomic E-state index is 0.273. The van der Waals surface area contributed by atoms with Gasteiger partial charge in [-0.05, 0) is 31.5 Å². The third-order valence-electron chi connectivity index (χ3n) is 3.38. The van der Waals surface area contributed by atoms with E-state index in [2.05, 4.69) is 34.0 Å². The van der Waals surface area contributed by atoms with E-state index >= 15 is 0 Å². The summed E-state index contributed by atoms with van der Waals surface area (Å²) in [5.74, 6) is -0.273. The van der Waals surface area contributed by atoms with Crippen LogP contribution in [0.2, 0.25) is 0 Å². The summed E-state index contributed by atoms with van der Waals surface area (Å²) in [6, 6.07) is 6.58. The first kappa shape index (κ1) is 15.2. The first-order chi connectivity index (χ1) is 9.56. The summed E-state index contributed by atoms with van der Waals surface area (Å²) in [5.41, 5.74) is 8.81. The van der Waals surface area contributed by atoms with Crippen LogP contribution in [0.25, 0.3) is 0 Å². The smallest absolute Gasteiger partial charge is 0.129 e. The van der Waals surface area contributed by atoms with Crippen molar-refractivity contribution in [1.29, 1.82) is 0 Å². The zero-order valence-electron chi connectivity index (χ0n) is 11.7. The molecule has 0 fully saturated rings. The quantitative estimate of drug-likeness (QED) is 0.904. The maximum atomic E-state index is 13.9. The SMILES string of the molecule is CCc1cc(CC(N)c2c(F)cccc2Br)n(CC)n1. The fraction of sp³-hybridized carbons (Fsp3) is 0.400. The zero-order valence-corrected chi connectivity index (χ0v) is 13.3. The molecule has 1 unspecified atom stereocenters. The van der Waals surface area contributed by atoms with Crippen LogP contribution in [-0.4, -0.2) is 9.78 Å². The zero-order chi connectivity index (χ0) is 14.7. The Morgan fingerprint density at radius 1 is 1.40 bits per heavy atom. The molecule has 1 heterocycles. The van der Waals surface area contributed by atoms with E-state index in [4.69, 9.17) is 5.73 Å². The molecule has 1 aromatic carbocycles. The lowest BCUT2D eigenvalue weighted by molar-refractivity contribution is 0.553. The van der Waals surface area contributed by atoms with E-state index in [0.29, 0.717) is 16.5 Å². The maximum Gasteiger partial charge on any atom is 0.129 e. The Hall–Kier alpha value is -1.20. The summed E-state index contributed by atoms with van der Waals surface area (Å²) >= 11 is 3.37. The highest BCUT2D eigenvalue weighted by atomic mass is 79.9. The molecule has 0 aliphatic carbocycles. The van der Waals surface area contributed by atoms with Gasteiger partial charge in [0, 0.05) is 34.7 Å². The molecule has 0 amide bonds. The number of aryl methyl sites for hydroxylation is 2. The molecule has 0 spiro atoms. The fourth-order valence-corrected chi connectivity index (χ4v) is 2.95. The van der Waals surface area contributed by atoms with Crippen molar-refractivity contribution in [3.05, 3.63) is 51.5 Å². The highest BCUT2D eigenvalue weighted by molar-refractivity contribution is 9.10. The van der Waals surface area contributed by atoms with Crippen molar-refractivity contribution in [1.82, 2.24) is 9.78 Å². The highest BCUT2D eigenvalue weighted by Crippen LogP contribution is 2.27. The second-order valence-corrected chi connectivity index (χ2v) is 5.60. The normalized spacial score (nSPS) is 12.7. The monoisotopic (exact) mass is 339 g/mol. The Kier molecular flexibility index (Phi) is 4.94. The number of hydrogen-bond donors (Lipinski definition) is 1. The Bertz CT molecular complexity index is 575. The number of benzene rings is 1. The molecule has 3 nitrogen and oxygen atoms in total. The van der Waals surface area contributed by atoms with E-state index in [1.807, 2.05) is 17.7 Å². The molecule has 2 N–H and O–H groups in total. The molecule has 1 aromatic heterocycles.